The molecule has 3 N–H and O–H groups in total. The number of carboxylic acids is 1. The number of nitrogens with one attached hydrogen (secondary N) is 1. The zero-order chi connectivity index (χ0) is 12.8. The third kappa shape index (κ3) is 3.86. The number of urea groups is 1. The number of amides is 2. The lowest BCUT2D eigenvalue weighted by atomic mass is 10.2. The van der Waals surface area contributed by atoms with Crippen molar-refractivity contribution in [2.45, 2.75) is 25.0 Å². The number of ether oxygens (including phenoxy) is 1. The maximum atomic E-state index is 11.7. The van der Waals surface area contributed by atoms with Gasteiger partial charge in [0.05, 0.1) is 6.10 Å². The van der Waals surface area contributed by atoms with Crippen LogP contribution in [0.25, 0.3) is 0 Å². The molecule has 1 heterocycles. The average molecular weight is 246 g/mol. The van der Waals surface area contributed by atoms with Crippen molar-refractivity contribution in [3.8, 4) is 0 Å². The standard InChI is InChI=1S/C10H18N2O5/c1-17-7-2-4-12(6-7)10(16)11-8(3-5-13)9(14)15/h7-8,13H,2-6H2,1H3,(H,11,16)(H,14,15)/t7?,8-/m1/s1. The number of likely N-dealkylation sites (tertiary alicyclic amines) is 1. The summed E-state index contributed by atoms with van der Waals surface area (Å²) in [5.74, 6) is -1.14. The highest BCUT2D eigenvalue weighted by Gasteiger charge is 2.28. The lowest BCUT2D eigenvalue weighted by Gasteiger charge is -2.20. The van der Waals surface area contributed by atoms with Gasteiger partial charge in [-0.3, -0.25) is 0 Å². The Bertz CT molecular complexity index is 284. The van der Waals surface area contributed by atoms with Crippen LogP contribution in [-0.4, -0.2) is 66.1 Å². The van der Waals surface area contributed by atoms with Gasteiger partial charge in [0, 0.05) is 33.2 Å². The predicted octanol–water partition coefficient (Wildman–Crippen LogP) is -0.748. The van der Waals surface area contributed by atoms with Gasteiger partial charge < -0.3 is 25.2 Å². The summed E-state index contributed by atoms with van der Waals surface area (Å²) in [5.41, 5.74) is 0. The molecule has 1 fully saturated rings. The number of rotatable bonds is 5. The third-order valence-electron chi connectivity index (χ3n) is 2.78. The Balaban J connectivity index is 2.45. The van der Waals surface area contributed by atoms with Gasteiger partial charge in [-0.05, 0) is 6.42 Å². The molecule has 98 valence electrons. The molecule has 7 nitrogen and oxygen atoms in total. The van der Waals surface area contributed by atoms with Crippen molar-refractivity contribution in [2.24, 2.45) is 0 Å². The molecule has 1 aliphatic rings. The highest BCUT2D eigenvalue weighted by Crippen LogP contribution is 2.11. The molecule has 2 amide bonds. The third-order valence-corrected chi connectivity index (χ3v) is 2.78. The van der Waals surface area contributed by atoms with E-state index in [2.05, 4.69) is 5.32 Å². The zero-order valence-corrected chi connectivity index (χ0v) is 9.76. The van der Waals surface area contributed by atoms with Crippen LogP contribution in [0.2, 0.25) is 0 Å². The molecular formula is C10H18N2O5. The Kier molecular flexibility index (Phi) is 5.17. The molecule has 0 aromatic carbocycles. The van der Waals surface area contributed by atoms with Crippen molar-refractivity contribution < 1.29 is 24.5 Å². The number of aliphatic hydroxyl groups excluding tert-OH is 1. The normalized spacial score (nSPS) is 21.3. The van der Waals surface area contributed by atoms with E-state index in [0.717, 1.165) is 6.42 Å². The highest BCUT2D eigenvalue weighted by atomic mass is 16.5. The summed E-state index contributed by atoms with van der Waals surface area (Å²) in [5, 5.41) is 19.9. The van der Waals surface area contributed by atoms with Crippen LogP contribution in [0, 0.1) is 0 Å². The zero-order valence-electron chi connectivity index (χ0n) is 9.76. The number of aliphatic carboxylic acids is 1. The Hall–Kier alpha value is -1.34. The summed E-state index contributed by atoms with van der Waals surface area (Å²) >= 11 is 0. The fourth-order valence-corrected chi connectivity index (χ4v) is 1.73. The second kappa shape index (κ2) is 6.41. The van der Waals surface area contributed by atoms with Gasteiger partial charge in [0.25, 0.3) is 0 Å². The van der Waals surface area contributed by atoms with Crippen LogP contribution >= 0.6 is 0 Å². The van der Waals surface area contributed by atoms with Crippen LogP contribution in [0.5, 0.6) is 0 Å². The van der Waals surface area contributed by atoms with Crippen LogP contribution < -0.4 is 5.32 Å². The molecule has 0 aromatic rings. The van der Waals surface area contributed by atoms with E-state index in [1.165, 1.54) is 4.90 Å². The Labute approximate surface area is 99.4 Å². The minimum atomic E-state index is -1.14. The number of methoxy groups -OCH3 is 1. The van der Waals surface area contributed by atoms with E-state index in [-0.39, 0.29) is 19.1 Å². The summed E-state index contributed by atoms with van der Waals surface area (Å²) in [4.78, 5) is 24.0. The molecule has 0 aliphatic carbocycles. The van der Waals surface area contributed by atoms with E-state index in [1.54, 1.807) is 7.11 Å². The van der Waals surface area contributed by atoms with Crippen LogP contribution in [0.4, 0.5) is 4.79 Å². The fraction of sp³-hybridized carbons (Fsp3) is 0.800. The maximum absolute atomic E-state index is 11.7. The summed E-state index contributed by atoms with van der Waals surface area (Å²) in [6.45, 7) is 0.738. The van der Waals surface area contributed by atoms with Gasteiger partial charge in [0.2, 0.25) is 0 Å². The molecule has 1 rings (SSSR count). The molecule has 1 aliphatic heterocycles. The Morgan fingerprint density at radius 1 is 1.59 bits per heavy atom. The smallest absolute Gasteiger partial charge is 0.326 e. The number of nitrogens with zero attached hydrogens (tertiary/aromatic N) is 1. The first-order chi connectivity index (χ1) is 8.08. The molecular weight excluding hydrogens is 228 g/mol. The SMILES string of the molecule is COC1CCN(C(=O)N[C@H](CCO)C(=O)O)C1. The molecule has 0 aromatic heterocycles. The van der Waals surface area contributed by atoms with E-state index >= 15 is 0 Å². The van der Waals surface area contributed by atoms with Gasteiger partial charge in [-0.1, -0.05) is 0 Å². The molecule has 0 saturated carbocycles. The summed E-state index contributed by atoms with van der Waals surface area (Å²) < 4.78 is 5.11. The first kappa shape index (κ1) is 13.7. The summed E-state index contributed by atoms with van der Waals surface area (Å²) in [6, 6.07) is -1.47. The molecule has 0 radical (unpaired) electrons. The molecule has 1 saturated heterocycles. The van der Waals surface area contributed by atoms with Gasteiger partial charge in [-0.2, -0.15) is 0 Å². The number of carboxylic acid groups (broad SMARTS) is 1. The monoisotopic (exact) mass is 246 g/mol. The van der Waals surface area contributed by atoms with Gasteiger partial charge >= 0.3 is 12.0 Å². The van der Waals surface area contributed by atoms with E-state index in [9.17, 15) is 9.59 Å². The predicted molar refractivity (Wildman–Crippen MR) is 58.6 cm³/mol. The Morgan fingerprint density at radius 2 is 2.29 bits per heavy atom. The van der Waals surface area contributed by atoms with Crippen molar-refractivity contribution in [3.05, 3.63) is 0 Å². The van der Waals surface area contributed by atoms with Crippen LogP contribution in [0.1, 0.15) is 12.8 Å². The second-order valence-electron chi connectivity index (χ2n) is 3.94. The van der Waals surface area contributed by atoms with Crippen LogP contribution in [0.3, 0.4) is 0 Å². The van der Waals surface area contributed by atoms with Gasteiger partial charge in [0.15, 0.2) is 0 Å². The van der Waals surface area contributed by atoms with Crippen molar-refractivity contribution in [2.75, 3.05) is 26.8 Å². The molecule has 1 unspecified atom stereocenters. The number of hydrogen-bond acceptors (Lipinski definition) is 4. The number of carbonyl (C=O) groups excluding carboxylic acids is 1. The summed E-state index contributed by atoms with van der Waals surface area (Å²) in [7, 11) is 1.58. The minimum absolute atomic E-state index is 0.00260. The van der Waals surface area contributed by atoms with Gasteiger partial charge in [-0.25, -0.2) is 9.59 Å². The van der Waals surface area contributed by atoms with Crippen LogP contribution in [-0.2, 0) is 9.53 Å². The van der Waals surface area contributed by atoms with Crippen molar-refractivity contribution in [1.29, 1.82) is 0 Å². The first-order valence-electron chi connectivity index (χ1n) is 5.50. The van der Waals surface area contributed by atoms with E-state index < -0.39 is 18.0 Å². The molecule has 17 heavy (non-hydrogen) atoms. The van der Waals surface area contributed by atoms with Crippen molar-refractivity contribution in [3.63, 3.8) is 0 Å². The quantitative estimate of drug-likeness (QED) is 0.593. The van der Waals surface area contributed by atoms with Crippen molar-refractivity contribution >= 4 is 12.0 Å². The lowest BCUT2D eigenvalue weighted by molar-refractivity contribution is -0.139. The minimum Gasteiger partial charge on any atom is -0.480 e. The molecule has 7 heteroatoms. The van der Waals surface area contributed by atoms with Crippen molar-refractivity contribution in [1.82, 2.24) is 10.2 Å². The molecule has 0 bridgehead atoms. The molecule has 2 atom stereocenters. The number of aliphatic hydroxyl groups is 1. The lowest BCUT2D eigenvalue weighted by Crippen LogP contribution is -2.47. The first-order valence-corrected chi connectivity index (χ1v) is 5.50. The van der Waals surface area contributed by atoms with E-state index in [0.29, 0.717) is 13.1 Å². The van der Waals surface area contributed by atoms with E-state index in [1.807, 2.05) is 0 Å². The highest BCUT2D eigenvalue weighted by molar-refractivity contribution is 5.82. The maximum Gasteiger partial charge on any atom is 0.326 e. The van der Waals surface area contributed by atoms with Crippen LogP contribution in [0.15, 0.2) is 0 Å². The van der Waals surface area contributed by atoms with E-state index in [4.69, 9.17) is 14.9 Å². The molecule has 0 spiro atoms. The Morgan fingerprint density at radius 3 is 2.76 bits per heavy atom. The summed E-state index contributed by atoms with van der Waals surface area (Å²) in [6.07, 6.45) is 0.770. The number of carbonyl (C=O) groups is 2. The number of hydrogen-bond donors (Lipinski definition) is 3. The van der Waals surface area contributed by atoms with Gasteiger partial charge in [0.1, 0.15) is 6.04 Å². The largest absolute Gasteiger partial charge is 0.480 e. The average Bonchev–Trinajstić information content (AvgIpc) is 2.76. The topological polar surface area (TPSA) is 99.1 Å². The van der Waals surface area contributed by atoms with Gasteiger partial charge in [-0.15, -0.1) is 0 Å². The fourth-order valence-electron chi connectivity index (χ4n) is 1.73. The second-order valence-corrected chi connectivity index (χ2v) is 3.94.